The van der Waals surface area contributed by atoms with Gasteiger partial charge < -0.3 is 15.1 Å². The topological polar surface area (TPSA) is 55.3 Å². The Morgan fingerprint density at radius 3 is 2.94 bits per heavy atom. The molecule has 0 fully saturated rings. The molecule has 2 heterocycles. The zero-order valence-corrected chi connectivity index (χ0v) is 9.47. The Morgan fingerprint density at radius 2 is 2.31 bits per heavy atom. The number of anilines is 2. The van der Waals surface area contributed by atoms with Crippen molar-refractivity contribution in [2.75, 3.05) is 17.7 Å². The van der Waals surface area contributed by atoms with Crippen LogP contribution < -0.4 is 10.6 Å². The van der Waals surface area contributed by atoms with E-state index >= 15 is 0 Å². The van der Waals surface area contributed by atoms with Gasteiger partial charge in [-0.05, 0) is 24.6 Å². The molecule has 0 atom stereocenters. The second-order valence-electron chi connectivity index (χ2n) is 3.91. The lowest BCUT2D eigenvalue weighted by Gasteiger charge is -2.19. The van der Waals surface area contributed by atoms with Crippen LogP contribution in [0.4, 0.5) is 11.5 Å². The van der Waals surface area contributed by atoms with E-state index in [2.05, 4.69) is 4.98 Å². The van der Waals surface area contributed by atoms with Crippen LogP contribution >= 0.6 is 0 Å². The summed E-state index contributed by atoms with van der Waals surface area (Å²) in [5, 5.41) is 0. The maximum atomic E-state index is 5.92. The van der Waals surface area contributed by atoms with E-state index in [0.717, 1.165) is 23.5 Å². The molecular formula is C12H15N3O. The fraction of sp³-hybridized carbons (Fsp3) is 0.250. The number of nitrogens with two attached hydrogens (primary N) is 1. The van der Waals surface area contributed by atoms with Crippen molar-refractivity contribution in [1.29, 1.82) is 0 Å². The Bertz CT molecular complexity index is 465. The number of rotatable bonds is 3. The molecule has 84 valence electrons. The monoisotopic (exact) mass is 217 g/mol. The standard InChI is InChI=1S/C12H15N3O/c1-9-5-11(13)12(14-6-9)15(2)7-10-3-4-16-8-10/h3-6,8H,7,13H2,1-2H3. The first-order chi connectivity index (χ1) is 7.66. The molecule has 4 heteroatoms. The molecule has 2 aromatic rings. The summed E-state index contributed by atoms with van der Waals surface area (Å²) < 4.78 is 5.02. The number of aromatic nitrogens is 1. The molecule has 0 saturated heterocycles. The van der Waals surface area contributed by atoms with Crippen molar-refractivity contribution in [2.45, 2.75) is 13.5 Å². The SMILES string of the molecule is Cc1cnc(N(C)Cc2ccoc2)c(N)c1. The van der Waals surface area contributed by atoms with Gasteiger partial charge in [-0.2, -0.15) is 0 Å². The molecule has 0 aromatic carbocycles. The first-order valence-corrected chi connectivity index (χ1v) is 5.11. The summed E-state index contributed by atoms with van der Waals surface area (Å²) in [5.74, 6) is 0.798. The van der Waals surface area contributed by atoms with Crippen LogP contribution in [0.2, 0.25) is 0 Å². The van der Waals surface area contributed by atoms with Crippen molar-refractivity contribution < 1.29 is 4.42 Å². The van der Waals surface area contributed by atoms with Gasteiger partial charge in [0.1, 0.15) is 0 Å². The molecule has 0 aliphatic carbocycles. The number of nitrogen functional groups attached to an aromatic ring is 1. The van der Waals surface area contributed by atoms with Gasteiger partial charge in [-0.25, -0.2) is 4.98 Å². The van der Waals surface area contributed by atoms with Crippen LogP contribution in [0.5, 0.6) is 0 Å². The highest BCUT2D eigenvalue weighted by Crippen LogP contribution is 2.21. The van der Waals surface area contributed by atoms with Gasteiger partial charge in [0.05, 0.1) is 18.2 Å². The van der Waals surface area contributed by atoms with Gasteiger partial charge in [0.2, 0.25) is 0 Å². The lowest BCUT2D eigenvalue weighted by Crippen LogP contribution is -2.18. The maximum Gasteiger partial charge on any atom is 0.151 e. The van der Waals surface area contributed by atoms with E-state index in [4.69, 9.17) is 10.2 Å². The fourth-order valence-electron chi connectivity index (χ4n) is 1.63. The average Bonchev–Trinajstić information content (AvgIpc) is 2.70. The number of nitrogens with zero attached hydrogens (tertiary/aromatic N) is 2. The highest BCUT2D eigenvalue weighted by Gasteiger charge is 2.08. The highest BCUT2D eigenvalue weighted by atomic mass is 16.3. The van der Waals surface area contributed by atoms with E-state index in [1.165, 1.54) is 0 Å². The third kappa shape index (κ3) is 2.16. The maximum absolute atomic E-state index is 5.92. The molecule has 2 aromatic heterocycles. The predicted molar refractivity (Wildman–Crippen MR) is 64.2 cm³/mol. The van der Waals surface area contributed by atoms with Crippen LogP contribution in [0, 0.1) is 6.92 Å². The predicted octanol–water partition coefficient (Wildman–Crippen LogP) is 2.20. The molecule has 16 heavy (non-hydrogen) atoms. The average molecular weight is 217 g/mol. The Balaban J connectivity index is 2.17. The summed E-state index contributed by atoms with van der Waals surface area (Å²) in [4.78, 5) is 6.33. The van der Waals surface area contributed by atoms with Gasteiger partial charge in [-0.15, -0.1) is 0 Å². The number of furan rings is 1. The van der Waals surface area contributed by atoms with Crippen molar-refractivity contribution in [3.63, 3.8) is 0 Å². The van der Waals surface area contributed by atoms with Crippen LogP contribution in [0.15, 0.2) is 35.3 Å². The quantitative estimate of drug-likeness (QED) is 0.856. The molecule has 0 aliphatic rings. The summed E-state index contributed by atoms with van der Waals surface area (Å²) in [7, 11) is 1.96. The second kappa shape index (κ2) is 4.26. The van der Waals surface area contributed by atoms with E-state index < -0.39 is 0 Å². The Labute approximate surface area is 94.7 Å². The third-order valence-electron chi connectivity index (χ3n) is 2.39. The van der Waals surface area contributed by atoms with Crippen molar-refractivity contribution in [3.8, 4) is 0 Å². The van der Waals surface area contributed by atoms with Gasteiger partial charge in [0.25, 0.3) is 0 Å². The highest BCUT2D eigenvalue weighted by molar-refractivity contribution is 5.62. The molecule has 0 aliphatic heterocycles. The zero-order valence-electron chi connectivity index (χ0n) is 9.47. The number of hydrogen-bond donors (Lipinski definition) is 1. The van der Waals surface area contributed by atoms with Gasteiger partial charge in [-0.3, -0.25) is 0 Å². The van der Waals surface area contributed by atoms with Gasteiger partial charge in [0, 0.05) is 25.4 Å². The van der Waals surface area contributed by atoms with E-state index in [0.29, 0.717) is 5.69 Å². The van der Waals surface area contributed by atoms with Crippen molar-refractivity contribution in [1.82, 2.24) is 4.98 Å². The molecule has 0 spiro atoms. The Kier molecular flexibility index (Phi) is 2.81. The minimum atomic E-state index is 0.700. The van der Waals surface area contributed by atoms with Crippen LogP contribution in [0.3, 0.4) is 0 Å². The first kappa shape index (κ1) is 10.5. The minimum Gasteiger partial charge on any atom is -0.472 e. The van der Waals surface area contributed by atoms with Crippen LogP contribution in [0.25, 0.3) is 0 Å². The summed E-state index contributed by atoms with van der Waals surface area (Å²) >= 11 is 0. The van der Waals surface area contributed by atoms with Gasteiger partial charge in [-0.1, -0.05) is 0 Å². The van der Waals surface area contributed by atoms with Crippen molar-refractivity contribution >= 4 is 11.5 Å². The lowest BCUT2D eigenvalue weighted by atomic mass is 10.2. The molecule has 0 bridgehead atoms. The van der Waals surface area contributed by atoms with E-state index in [-0.39, 0.29) is 0 Å². The van der Waals surface area contributed by atoms with Crippen molar-refractivity contribution in [2.24, 2.45) is 0 Å². The fourth-order valence-corrected chi connectivity index (χ4v) is 1.63. The lowest BCUT2D eigenvalue weighted by molar-refractivity contribution is 0.563. The summed E-state index contributed by atoms with van der Waals surface area (Å²) in [6.07, 6.45) is 5.20. The molecule has 0 saturated carbocycles. The van der Waals surface area contributed by atoms with Gasteiger partial charge in [0.15, 0.2) is 5.82 Å². The van der Waals surface area contributed by atoms with Crippen LogP contribution in [0.1, 0.15) is 11.1 Å². The molecule has 4 nitrogen and oxygen atoms in total. The molecule has 2 N–H and O–H groups in total. The Morgan fingerprint density at radius 1 is 1.50 bits per heavy atom. The van der Waals surface area contributed by atoms with E-state index in [1.54, 1.807) is 12.5 Å². The number of aryl methyl sites for hydroxylation is 1. The summed E-state index contributed by atoms with van der Waals surface area (Å²) in [6.45, 7) is 2.71. The normalized spacial score (nSPS) is 10.4. The molecule has 0 unspecified atom stereocenters. The summed E-state index contributed by atoms with van der Waals surface area (Å²) in [6, 6.07) is 3.86. The first-order valence-electron chi connectivity index (χ1n) is 5.11. The van der Waals surface area contributed by atoms with E-state index in [1.807, 2.05) is 37.2 Å². The van der Waals surface area contributed by atoms with Crippen LogP contribution in [-0.4, -0.2) is 12.0 Å². The number of pyridine rings is 1. The summed E-state index contributed by atoms with van der Waals surface area (Å²) in [5.41, 5.74) is 8.79. The number of hydrogen-bond acceptors (Lipinski definition) is 4. The van der Waals surface area contributed by atoms with Crippen molar-refractivity contribution in [3.05, 3.63) is 42.0 Å². The van der Waals surface area contributed by atoms with E-state index in [9.17, 15) is 0 Å². The molecule has 0 amide bonds. The Hall–Kier alpha value is -1.97. The largest absolute Gasteiger partial charge is 0.472 e. The molecular weight excluding hydrogens is 202 g/mol. The molecule has 0 radical (unpaired) electrons. The third-order valence-corrected chi connectivity index (χ3v) is 2.39. The second-order valence-corrected chi connectivity index (χ2v) is 3.91. The zero-order chi connectivity index (χ0) is 11.5. The smallest absolute Gasteiger partial charge is 0.151 e. The minimum absolute atomic E-state index is 0.700. The van der Waals surface area contributed by atoms with Gasteiger partial charge >= 0.3 is 0 Å². The van der Waals surface area contributed by atoms with Crippen LogP contribution in [-0.2, 0) is 6.54 Å². The molecule has 2 rings (SSSR count).